The van der Waals surface area contributed by atoms with Crippen LogP contribution in [0.15, 0.2) is 24.3 Å². The van der Waals surface area contributed by atoms with Crippen molar-refractivity contribution in [3.05, 3.63) is 47.3 Å². The molecule has 2 aromatic rings. The van der Waals surface area contributed by atoms with Gasteiger partial charge >= 0.3 is 0 Å². The molecule has 0 saturated carbocycles. The fraction of sp³-hybridized carbons (Fsp3) is 0.619. The molecule has 2 fully saturated rings. The summed E-state index contributed by atoms with van der Waals surface area (Å²) in [5, 5.41) is 9.07. The standard InChI is InChI=1S/C21H30FN5/c1-25-20(16-26-10-3-2-4-11-26)23-24-21(25)18-8-6-12-27(15-18)14-17-7-5-9-19(22)13-17/h5,7,9,13,18H,2-4,6,8,10-12,14-16H2,1H3/t18-/m1/s1. The zero-order chi connectivity index (χ0) is 18.6. The first-order chi connectivity index (χ1) is 13.2. The average Bonchev–Trinajstić information content (AvgIpc) is 3.03. The molecule has 4 rings (SSSR count). The summed E-state index contributed by atoms with van der Waals surface area (Å²) in [7, 11) is 2.11. The molecule has 2 aliphatic rings. The van der Waals surface area contributed by atoms with Crippen LogP contribution in [0.2, 0.25) is 0 Å². The number of nitrogens with zero attached hydrogens (tertiary/aromatic N) is 5. The van der Waals surface area contributed by atoms with Gasteiger partial charge in [-0.1, -0.05) is 18.6 Å². The highest BCUT2D eigenvalue weighted by Crippen LogP contribution is 2.27. The van der Waals surface area contributed by atoms with E-state index in [1.165, 1.54) is 38.4 Å². The maximum atomic E-state index is 13.5. The molecule has 0 aliphatic carbocycles. The quantitative estimate of drug-likeness (QED) is 0.808. The van der Waals surface area contributed by atoms with Crippen molar-refractivity contribution in [2.24, 2.45) is 7.05 Å². The third kappa shape index (κ3) is 4.55. The predicted molar refractivity (Wildman–Crippen MR) is 104 cm³/mol. The number of likely N-dealkylation sites (tertiary alicyclic amines) is 2. The van der Waals surface area contributed by atoms with Gasteiger partial charge in [-0.3, -0.25) is 9.80 Å². The van der Waals surface area contributed by atoms with Gasteiger partial charge in [0.05, 0.1) is 6.54 Å². The Bertz CT molecular complexity index is 753. The minimum Gasteiger partial charge on any atom is -0.317 e. The second kappa shape index (κ2) is 8.48. The molecule has 0 spiro atoms. The third-order valence-electron chi connectivity index (χ3n) is 5.98. The summed E-state index contributed by atoms with van der Waals surface area (Å²) in [6.07, 6.45) is 6.23. The Labute approximate surface area is 161 Å². The van der Waals surface area contributed by atoms with E-state index in [1.807, 2.05) is 6.07 Å². The maximum absolute atomic E-state index is 13.5. The van der Waals surface area contributed by atoms with Crippen molar-refractivity contribution in [2.45, 2.75) is 51.1 Å². The van der Waals surface area contributed by atoms with E-state index in [-0.39, 0.29) is 5.82 Å². The van der Waals surface area contributed by atoms with Crippen LogP contribution < -0.4 is 0 Å². The molecule has 0 radical (unpaired) electrons. The van der Waals surface area contributed by atoms with E-state index < -0.39 is 0 Å². The van der Waals surface area contributed by atoms with Gasteiger partial charge in [-0.15, -0.1) is 10.2 Å². The SMILES string of the molecule is Cn1c(CN2CCCCC2)nnc1[C@@H]1CCCN(Cc2cccc(F)c2)C1. The largest absolute Gasteiger partial charge is 0.317 e. The highest BCUT2D eigenvalue weighted by atomic mass is 19.1. The molecular formula is C21H30FN5. The molecule has 2 saturated heterocycles. The molecule has 2 aliphatic heterocycles. The number of aromatic nitrogens is 3. The van der Waals surface area contributed by atoms with Crippen LogP contribution in [-0.2, 0) is 20.1 Å². The summed E-state index contributed by atoms with van der Waals surface area (Å²) < 4.78 is 15.7. The van der Waals surface area contributed by atoms with E-state index in [0.717, 1.165) is 56.2 Å². The van der Waals surface area contributed by atoms with Crippen LogP contribution in [0, 0.1) is 5.82 Å². The van der Waals surface area contributed by atoms with Crippen molar-refractivity contribution in [2.75, 3.05) is 26.2 Å². The highest BCUT2D eigenvalue weighted by Gasteiger charge is 2.26. The average molecular weight is 372 g/mol. The van der Waals surface area contributed by atoms with Crippen LogP contribution in [-0.4, -0.2) is 50.7 Å². The van der Waals surface area contributed by atoms with Crippen LogP contribution in [0.4, 0.5) is 4.39 Å². The van der Waals surface area contributed by atoms with Crippen molar-refractivity contribution in [3.8, 4) is 0 Å². The van der Waals surface area contributed by atoms with E-state index >= 15 is 0 Å². The molecule has 6 heteroatoms. The lowest BCUT2D eigenvalue weighted by Gasteiger charge is -2.32. The molecule has 1 aromatic heterocycles. The molecule has 0 amide bonds. The molecule has 5 nitrogen and oxygen atoms in total. The summed E-state index contributed by atoms with van der Waals surface area (Å²) in [5.74, 6) is 2.43. The van der Waals surface area contributed by atoms with Crippen LogP contribution in [0.25, 0.3) is 0 Å². The zero-order valence-corrected chi connectivity index (χ0v) is 16.3. The summed E-state index contributed by atoms with van der Waals surface area (Å²) >= 11 is 0. The Morgan fingerprint density at radius 1 is 1.00 bits per heavy atom. The van der Waals surface area contributed by atoms with Crippen LogP contribution in [0.5, 0.6) is 0 Å². The van der Waals surface area contributed by atoms with Crippen molar-refractivity contribution in [1.82, 2.24) is 24.6 Å². The second-order valence-electron chi connectivity index (χ2n) is 8.07. The summed E-state index contributed by atoms with van der Waals surface area (Å²) in [4.78, 5) is 4.91. The fourth-order valence-electron chi connectivity index (χ4n) is 4.49. The molecule has 1 atom stereocenters. The van der Waals surface area contributed by atoms with Gasteiger partial charge in [-0.05, 0) is 63.0 Å². The molecule has 0 N–H and O–H groups in total. The number of hydrogen-bond acceptors (Lipinski definition) is 4. The molecule has 3 heterocycles. The molecule has 146 valence electrons. The fourth-order valence-corrected chi connectivity index (χ4v) is 4.49. The second-order valence-corrected chi connectivity index (χ2v) is 8.07. The van der Waals surface area contributed by atoms with Crippen LogP contribution in [0.1, 0.15) is 55.2 Å². The van der Waals surface area contributed by atoms with Gasteiger partial charge in [0, 0.05) is 26.1 Å². The Morgan fingerprint density at radius 2 is 1.81 bits per heavy atom. The first-order valence-electron chi connectivity index (χ1n) is 10.3. The van der Waals surface area contributed by atoms with Crippen molar-refractivity contribution in [1.29, 1.82) is 0 Å². The molecule has 1 aromatic carbocycles. The van der Waals surface area contributed by atoms with Crippen LogP contribution in [0.3, 0.4) is 0 Å². The minimum atomic E-state index is -0.156. The maximum Gasteiger partial charge on any atom is 0.146 e. The Balaban J connectivity index is 1.40. The van der Waals surface area contributed by atoms with Gasteiger partial charge < -0.3 is 4.57 Å². The number of benzene rings is 1. The Morgan fingerprint density at radius 3 is 2.63 bits per heavy atom. The minimum absolute atomic E-state index is 0.156. The normalized spacial score (nSPS) is 22.2. The topological polar surface area (TPSA) is 37.2 Å². The lowest BCUT2D eigenvalue weighted by atomic mass is 9.96. The van der Waals surface area contributed by atoms with E-state index in [1.54, 1.807) is 12.1 Å². The van der Waals surface area contributed by atoms with Crippen molar-refractivity contribution < 1.29 is 4.39 Å². The Hall–Kier alpha value is -1.79. The van der Waals surface area contributed by atoms with Gasteiger partial charge in [0.1, 0.15) is 17.5 Å². The Kier molecular flexibility index (Phi) is 5.83. The van der Waals surface area contributed by atoms with Gasteiger partial charge in [0.25, 0.3) is 0 Å². The van der Waals surface area contributed by atoms with Crippen molar-refractivity contribution >= 4 is 0 Å². The molecular weight excluding hydrogens is 341 g/mol. The van der Waals surface area contributed by atoms with E-state index in [4.69, 9.17) is 0 Å². The summed E-state index contributed by atoms with van der Waals surface area (Å²) in [6.45, 7) is 6.08. The van der Waals surface area contributed by atoms with Gasteiger partial charge in [-0.2, -0.15) is 0 Å². The summed E-state index contributed by atoms with van der Waals surface area (Å²) in [5.41, 5.74) is 1.04. The third-order valence-corrected chi connectivity index (χ3v) is 5.98. The monoisotopic (exact) mass is 371 g/mol. The molecule has 0 unspecified atom stereocenters. The molecule has 27 heavy (non-hydrogen) atoms. The van der Waals surface area contributed by atoms with Gasteiger partial charge in [-0.25, -0.2) is 4.39 Å². The number of hydrogen-bond donors (Lipinski definition) is 0. The highest BCUT2D eigenvalue weighted by molar-refractivity contribution is 5.16. The van der Waals surface area contributed by atoms with Crippen LogP contribution >= 0.6 is 0 Å². The van der Waals surface area contributed by atoms with E-state index in [0.29, 0.717) is 5.92 Å². The van der Waals surface area contributed by atoms with E-state index in [2.05, 4.69) is 31.6 Å². The number of halogens is 1. The lowest BCUT2D eigenvalue weighted by Crippen LogP contribution is -2.35. The first kappa shape index (κ1) is 18.6. The van der Waals surface area contributed by atoms with E-state index in [9.17, 15) is 4.39 Å². The summed E-state index contributed by atoms with van der Waals surface area (Å²) in [6, 6.07) is 6.95. The smallest absolute Gasteiger partial charge is 0.146 e. The zero-order valence-electron chi connectivity index (χ0n) is 16.3. The van der Waals surface area contributed by atoms with Crippen molar-refractivity contribution in [3.63, 3.8) is 0 Å². The number of rotatable bonds is 5. The molecule has 0 bridgehead atoms. The predicted octanol–water partition coefficient (Wildman–Crippen LogP) is 3.32. The van der Waals surface area contributed by atoms with Gasteiger partial charge in [0.2, 0.25) is 0 Å². The van der Waals surface area contributed by atoms with Gasteiger partial charge in [0.15, 0.2) is 0 Å². The lowest BCUT2D eigenvalue weighted by molar-refractivity contribution is 0.194. The first-order valence-corrected chi connectivity index (χ1v) is 10.3. The number of piperidine rings is 2.